The number of carboxylic acids is 1. The van der Waals surface area contributed by atoms with Gasteiger partial charge in [0.25, 0.3) is 5.91 Å². The van der Waals surface area contributed by atoms with Crippen LogP contribution in [0.5, 0.6) is 0 Å². The zero-order chi connectivity index (χ0) is 15.2. The summed E-state index contributed by atoms with van der Waals surface area (Å²) in [5.74, 6) is -1.22. The van der Waals surface area contributed by atoms with Crippen LogP contribution in [-0.2, 0) is 4.79 Å². The minimum atomic E-state index is -0.872. The average Bonchev–Trinajstić information content (AvgIpc) is 2.47. The van der Waals surface area contributed by atoms with E-state index in [1.54, 1.807) is 36.4 Å². The highest BCUT2D eigenvalue weighted by Gasteiger charge is 2.10. The molecule has 0 saturated heterocycles. The first-order chi connectivity index (χ1) is 10.1. The molecule has 0 bridgehead atoms. The van der Waals surface area contributed by atoms with Crippen LogP contribution < -0.4 is 5.32 Å². The molecule has 2 N–H and O–H groups in total. The molecule has 21 heavy (non-hydrogen) atoms. The van der Waals surface area contributed by atoms with Gasteiger partial charge in [0.15, 0.2) is 0 Å². The third-order valence-electron chi connectivity index (χ3n) is 2.48. The molecule has 0 saturated carbocycles. The number of carbonyl (C=O) groups is 2. The lowest BCUT2D eigenvalue weighted by Crippen LogP contribution is -2.12. The minimum Gasteiger partial charge on any atom is -0.481 e. The number of aromatic nitrogens is 1. The van der Waals surface area contributed by atoms with E-state index in [0.29, 0.717) is 11.3 Å². The van der Waals surface area contributed by atoms with Gasteiger partial charge in [0.2, 0.25) is 0 Å². The largest absolute Gasteiger partial charge is 0.481 e. The normalized spacial score (nSPS) is 10.1. The number of aliphatic carboxylic acids is 1. The van der Waals surface area contributed by atoms with Gasteiger partial charge in [-0.1, -0.05) is 11.6 Å². The fourth-order valence-electron chi connectivity index (χ4n) is 1.53. The number of carbonyl (C=O) groups excluding carboxylic acids is 1. The molecule has 1 aromatic heterocycles. The van der Waals surface area contributed by atoms with E-state index < -0.39 is 5.97 Å². The lowest BCUT2D eigenvalue weighted by Gasteiger charge is -2.07. The Bertz CT molecular complexity index is 662. The molecule has 1 amide bonds. The number of carboxylic acid groups (broad SMARTS) is 1. The fourth-order valence-corrected chi connectivity index (χ4v) is 2.36. The monoisotopic (exact) mass is 322 g/mol. The van der Waals surface area contributed by atoms with Crippen LogP contribution >= 0.6 is 23.4 Å². The molecule has 2 aromatic rings. The fraction of sp³-hybridized carbons (Fsp3) is 0.0714. The van der Waals surface area contributed by atoms with Crippen LogP contribution in [0.2, 0.25) is 5.15 Å². The number of nitrogens with one attached hydrogen (secondary N) is 1. The molecule has 0 radical (unpaired) electrons. The number of hydrogen-bond donors (Lipinski definition) is 2. The van der Waals surface area contributed by atoms with Crippen molar-refractivity contribution in [2.75, 3.05) is 11.1 Å². The van der Waals surface area contributed by atoms with Crippen LogP contribution in [-0.4, -0.2) is 27.7 Å². The molecule has 0 aliphatic carbocycles. The van der Waals surface area contributed by atoms with Crippen molar-refractivity contribution in [2.45, 2.75) is 4.90 Å². The number of pyridine rings is 1. The Morgan fingerprint density at radius 1 is 1.24 bits per heavy atom. The molecular weight excluding hydrogens is 312 g/mol. The Morgan fingerprint density at radius 2 is 1.95 bits per heavy atom. The predicted molar refractivity (Wildman–Crippen MR) is 82.0 cm³/mol. The van der Waals surface area contributed by atoms with Gasteiger partial charge in [-0.25, -0.2) is 4.98 Å². The number of rotatable bonds is 5. The zero-order valence-electron chi connectivity index (χ0n) is 10.7. The average molecular weight is 323 g/mol. The van der Waals surface area contributed by atoms with E-state index in [1.165, 1.54) is 18.0 Å². The van der Waals surface area contributed by atoms with Crippen LogP contribution in [0.3, 0.4) is 0 Å². The van der Waals surface area contributed by atoms with E-state index in [2.05, 4.69) is 10.3 Å². The Labute approximate surface area is 130 Å². The molecule has 0 aliphatic rings. The topological polar surface area (TPSA) is 79.3 Å². The second-order valence-corrected chi connectivity index (χ2v) is 5.41. The first kappa shape index (κ1) is 15.3. The molecule has 1 heterocycles. The Morgan fingerprint density at radius 3 is 2.57 bits per heavy atom. The third-order valence-corrected chi connectivity index (χ3v) is 3.78. The Balaban J connectivity index is 2.02. The van der Waals surface area contributed by atoms with Crippen molar-refractivity contribution in [3.8, 4) is 0 Å². The maximum Gasteiger partial charge on any atom is 0.313 e. The highest BCUT2D eigenvalue weighted by Crippen LogP contribution is 2.21. The molecule has 0 atom stereocenters. The second kappa shape index (κ2) is 7.10. The first-order valence-electron chi connectivity index (χ1n) is 5.93. The summed E-state index contributed by atoms with van der Waals surface area (Å²) in [5, 5.41) is 11.4. The summed E-state index contributed by atoms with van der Waals surface area (Å²) < 4.78 is 0. The Hall–Kier alpha value is -2.05. The molecule has 0 spiro atoms. The van der Waals surface area contributed by atoms with E-state index in [9.17, 15) is 9.59 Å². The summed E-state index contributed by atoms with van der Waals surface area (Å²) in [4.78, 5) is 27.2. The molecule has 1 aromatic carbocycles. The van der Waals surface area contributed by atoms with E-state index in [4.69, 9.17) is 16.7 Å². The van der Waals surface area contributed by atoms with Gasteiger partial charge in [-0.15, -0.1) is 11.8 Å². The number of thioether (sulfide) groups is 1. The summed E-state index contributed by atoms with van der Waals surface area (Å²) in [5.41, 5.74) is 0.892. The zero-order valence-corrected chi connectivity index (χ0v) is 12.3. The van der Waals surface area contributed by atoms with Crippen LogP contribution in [0, 0.1) is 0 Å². The first-order valence-corrected chi connectivity index (χ1v) is 7.29. The highest BCUT2D eigenvalue weighted by molar-refractivity contribution is 8.00. The van der Waals surface area contributed by atoms with Crippen LogP contribution in [0.15, 0.2) is 47.5 Å². The van der Waals surface area contributed by atoms with Gasteiger partial charge in [-0.05, 0) is 36.4 Å². The van der Waals surface area contributed by atoms with Crippen molar-refractivity contribution < 1.29 is 14.7 Å². The smallest absolute Gasteiger partial charge is 0.313 e. The summed E-state index contributed by atoms with van der Waals surface area (Å²) in [7, 11) is 0. The van der Waals surface area contributed by atoms with Gasteiger partial charge >= 0.3 is 5.97 Å². The van der Waals surface area contributed by atoms with Gasteiger partial charge in [0, 0.05) is 16.8 Å². The molecule has 0 aliphatic heterocycles. The number of hydrogen-bond acceptors (Lipinski definition) is 4. The summed E-state index contributed by atoms with van der Waals surface area (Å²) in [6.45, 7) is 0. The van der Waals surface area contributed by atoms with Crippen molar-refractivity contribution in [1.29, 1.82) is 0 Å². The number of nitrogens with zero attached hydrogens (tertiary/aromatic N) is 1. The van der Waals surface area contributed by atoms with E-state index >= 15 is 0 Å². The summed E-state index contributed by atoms with van der Waals surface area (Å²) in [6.07, 6.45) is 1.51. The summed E-state index contributed by atoms with van der Waals surface area (Å²) >= 11 is 7.06. The van der Waals surface area contributed by atoms with Crippen molar-refractivity contribution in [3.63, 3.8) is 0 Å². The molecule has 0 unspecified atom stereocenters. The van der Waals surface area contributed by atoms with Gasteiger partial charge < -0.3 is 10.4 Å². The van der Waals surface area contributed by atoms with E-state index in [0.717, 1.165) is 4.90 Å². The molecular formula is C14H11ClN2O3S. The van der Waals surface area contributed by atoms with Crippen molar-refractivity contribution in [2.24, 2.45) is 0 Å². The van der Waals surface area contributed by atoms with Crippen molar-refractivity contribution >= 4 is 40.9 Å². The highest BCUT2D eigenvalue weighted by atomic mass is 35.5. The number of amides is 1. The van der Waals surface area contributed by atoms with E-state index in [-0.39, 0.29) is 16.8 Å². The predicted octanol–water partition coefficient (Wildman–Crippen LogP) is 3.16. The van der Waals surface area contributed by atoms with E-state index in [1.807, 2.05) is 0 Å². The molecule has 2 rings (SSSR count). The molecule has 7 heteroatoms. The van der Waals surface area contributed by atoms with Crippen LogP contribution in [0.25, 0.3) is 0 Å². The number of anilines is 1. The molecule has 5 nitrogen and oxygen atoms in total. The van der Waals surface area contributed by atoms with Crippen LogP contribution in [0.4, 0.5) is 5.69 Å². The minimum absolute atomic E-state index is 0.00298. The number of halogens is 1. The quantitative estimate of drug-likeness (QED) is 0.653. The second-order valence-electron chi connectivity index (χ2n) is 4.00. The van der Waals surface area contributed by atoms with Gasteiger partial charge in [-0.3, -0.25) is 9.59 Å². The SMILES string of the molecule is O=C(O)CSc1ccc(NC(=O)c2cccnc2Cl)cc1. The Kier molecular flexibility index (Phi) is 5.19. The number of benzene rings is 1. The maximum absolute atomic E-state index is 12.0. The van der Waals surface area contributed by atoms with Crippen LogP contribution in [0.1, 0.15) is 10.4 Å². The van der Waals surface area contributed by atoms with Gasteiger partial charge in [0.1, 0.15) is 5.15 Å². The van der Waals surface area contributed by atoms with Crippen molar-refractivity contribution in [1.82, 2.24) is 4.98 Å². The lowest BCUT2D eigenvalue weighted by molar-refractivity contribution is -0.133. The van der Waals surface area contributed by atoms with Crippen molar-refractivity contribution in [3.05, 3.63) is 53.3 Å². The molecule has 0 fully saturated rings. The standard InChI is InChI=1S/C14H11ClN2O3S/c15-13-11(2-1-7-16-13)14(20)17-9-3-5-10(6-4-9)21-8-12(18)19/h1-7H,8H2,(H,17,20)(H,18,19). The summed E-state index contributed by atoms with van der Waals surface area (Å²) in [6, 6.07) is 10.1. The van der Waals surface area contributed by atoms with Gasteiger partial charge in [0.05, 0.1) is 11.3 Å². The lowest BCUT2D eigenvalue weighted by atomic mass is 10.2. The molecule has 108 valence electrons. The third kappa shape index (κ3) is 4.47. The maximum atomic E-state index is 12.0. The van der Waals surface area contributed by atoms with Gasteiger partial charge in [-0.2, -0.15) is 0 Å².